The van der Waals surface area contributed by atoms with E-state index in [0.29, 0.717) is 40.7 Å². The molecule has 0 bridgehead atoms. The second kappa shape index (κ2) is 11.2. The third kappa shape index (κ3) is 6.11. The lowest BCUT2D eigenvalue weighted by molar-refractivity contribution is 0.0952. The van der Waals surface area contributed by atoms with E-state index >= 15 is 0 Å². The first kappa shape index (κ1) is 24.4. The predicted octanol–water partition coefficient (Wildman–Crippen LogP) is 5.78. The highest BCUT2D eigenvalue weighted by Crippen LogP contribution is 2.37. The molecule has 3 heterocycles. The van der Waals surface area contributed by atoms with Crippen molar-refractivity contribution in [1.82, 2.24) is 20.2 Å². The molecule has 1 aliphatic carbocycles. The summed E-state index contributed by atoms with van der Waals surface area (Å²) >= 11 is 8.06. The molecule has 6 nitrogen and oxygen atoms in total. The molecule has 0 radical (unpaired) electrons. The fourth-order valence-electron chi connectivity index (χ4n) is 4.70. The standard InChI is InChI=1S/C26H31ClFN5OS/c27-21-16-30-26(29-11-2-3-17-8-12-33(13-9-17)14-10-28)32-24(21)23-15-20-19(4-1-5-22(20)35-23)25(34)31-18-6-7-18/h1,4-5,15-18H,2-3,6-14H2,(H,31,34)(H,29,30,32). The molecular weight excluding hydrogens is 485 g/mol. The molecule has 2 aliphatic rings. The summed E-state index contributed by atoms with van der Waals surface area (Å²) in [6.45, 7) is 3.12. The summed E-state index contributed by atoms with van der Waals surface area (Å²) in [6, 6.07) is 8.14. The van der Waals surface area contributed by atoms with Crippen molar-refractivity contribution in [2.24, 2.45) is 5.92 Å². The zero-order chi connectivity index (χ0) is 24.2. The van der Waals surface area contributed by atoms with E-state index in [1.165, 1.54) is 0 Å². The maximum absolute atomic E-state index is 12.7. The monoisotopic (exact) mass is 515 g/mol. The quantitative estimate of drug-likeness (QED) is 0.335. The SMILES string of the molecule is O=C(NC1CC1)c1cccc2sc(-c3nc(NCCCC4CCN(CCF)CC4)ncc3Cl)cc12. The Kier molecular flexibility index (Phi) is 7.80. The number of nitrogens with one attached hydrogen (secondary N) is 2. The maximum Gasteiger partial charge on any atom is 0.252 e. The molecular formula is C26H31ClFN5OS. The van der Waals surface area contributed by atoms with E-state index in [1.54, 1.807) is 17.5 Å². The van der Waals surface area contributed by atoms with Crippen LogP contribution in [0.4, 0.5) is 10.3 Å². The number of carbonyl (C=O) groups is 1. The molecule has 35 heavy (non-hydrogen) atoms. The van der Waals surface area contributed by atoms with Crippen LogP contribution in [-0.2, 0) is 0 Å². The Bertz CT molecular complexity index is 1180. The average molecular weight is 516 g/mol. The van der Waals surface area contributed by atoms with E-state index in [2.05, 4.69) is 20.5 Å². The van der Waals surface area contributed by atoms with Gasteiger partial charge >= 0.3 is 0 Å². The van der Waals surface area contributed by atoms with Gasteiger partial charge in [-0.2, -0.15) is 0 Å². The van der Waals surface area contributed by atoms with Crippen LogP contribution < -0.4 is 10.6 Å². The zero-order valence-corrected chi connectivity index (χ0v) is 21.3. The van der Waals surface area contributed by atoms with Crippen LogP contribution in [0.15, 0.2) is 30.5 Å². The lowest BCUT2D eigenvalue weighted by atomic mass is 9.92. The van der Waals surface area contributed by atoms with E-state index in [0.717, 1.165) is 73.1 Å². The molecule has 0 atom stereocenters. The van der Waals surface area contributed by atoms with Crippen LogP contribution in [-0.4, -0.2) is 59.7 Å². The number of amides is 1. The maximum atomic E-state index is 12.7. The van der Waals surface area contributed by atoms with Crippen LogP contribution in [0, 0.1) is 5.92 Å². The van der Waals surface area contributed by atoms with Gasteiger partial charge in [-0.05, 0) is 75.7 Å². The van der Waals surface area contributed by atoms with Gasteiger partial charge in [0.1, 0.15) is 12.4 Å². The molecule has 3 aromatic rings. The largest absolute Gasteiger partial charge is 0.354 e. The molecule has 1 amide bonds. The van der Waals surface area contributed by atoms with Gasteiger partial charge in [0.2, 0.25) is 5.95 Å². The van der Waals surface area contributed by atoms with Gasteiger partial charge in [0.25, 0.3) is 5.91 Å². The molecule has 0 unspecified atom stereocenters. The van der Waals surface area contributed by atoms with Crippen molar-refractivity contribution in [3.05, 3.63) is 41.0 Å². The highest BCUT2D eigenvalue weighted by Gasteiger charge is 2.25. The van der Waals surface area contributed by atoms with Crippen LogP contribution in [0.3, 0.4) is 0 Å². The van der Waals surface area contributed by atoms with Crippen molar-refractivity contribution in [3.8, 4) is 10.6 Å². The van der Waals surface area contributed by atoms with Crippen molar-refractivity contribution in [2.75, 3.05) is 38.2 Å². The molecule has 0 spiro atoms. The highest BCUT2D eigenvalue weighted by atomic mass is 35.5. The van der Waals surface area contributed by atoms with Crippen LogP contribution in [0.25, 0.3) is 20.7 Å². The van der Waals surface area contributed by atoms with Crippen molar-refractivity contribution < 1.29 is 9.18 Å². The fourth-order valence-corrected chi connectivity index (χ4v) is 6.04. The summed E-state index contributed by atoms with van der Waals surface area (Å²) in [5, 5.41) is 7.84. The third-order valence-electron chi connectivity index (χ3n) is 6.88. The summed E-state index contributed by atoms with van der Waals surface area (Å²) in [4.78, 5) is 24.9. The summed E-state index contributed by atoms with van der Waals surface area (Å²) in [5.41, 5.74) is 1.37. The number of anilines is 1. The number of halogens is 2. The molecule has 2 N–H and O–H groups in total. The summed E-state index contributed by atoms with van der Waals surface area (Å²) < 4.78 is 13.5. The van der Waals surface area contributed by atoms with E-state index < -0.39 is 0 Å². The number of piperidine rings is 1. The van der Waals surface area contributed by atoms with Crippen molar-refractivity contribution in [1.29, 1.82) is 0 Å². The predicted molar refractivity (Wildman–Crippen MR) is 141 cm³/mol. The van der Waals surface area contributed by atoms with Gasteiger partial charge < -0.3 is 15.5 Å². The highest BCUT2D eigenvalue weighted by molar-refractivity contribution is 7.22. The number of hydrogen-bond acceptors (Lipinski definition) is 6. The Balaban J connectivity index is 1.21. The lowest BCUT2D eigenvalue weighted by Gasteiger charge is -2.31. The number of alkyl halides is 1. The third-order valence-corrected chi connectivity index (χ3v) is 8.26. The Morgan fingerprint density at radius 1 is 1.23 bits per heavy atom. The molecule has 186 valence electrons. The molecule has 1 aromatic carbocycles. The van der Waals surface area contributed by atoms with Gasteiger partial charge in [-0.3, -0.25) is 4.79 Å². The van der Waals surface area contributed by atoms with Gasteiger partial charge in [-0.25, -0.2) is 14.4 Å². The fraction of sp³-hybridized carbons (Fsp3) is 0.500. The van der Waals surface area contributed by atoms with Gasteiger partial charge in [0, 0.05) is 34.8 Å². The van der Waals surface area contributed by atoms with Gasteiger partial charge in [0.05, 0.1) is 16.1 Å². The lowest BCUT2D eigenvalue weighted by Crippen LogP contribution is -2.35. The first-order chi connectivity index (χ1) is 17.1. The van der Waals surface area contributed by atoms with Crippen LogP contribution in [0.5, 0.6) is 0 Å². The normalized spacial score (nSPS) is 17.1. The number of hydrogen-bond donors (Lipinski definition) is 2. The van der Waals surface area contributed by atoms with Crippen molar-refractivity contribution in [2.45, 2.75) is 44.6 Å². The molecule has 2 aromatic heterocycles. The minimum Gasteiger partial charge on any atom is -0.354 e. The topological polar surface area (TPSA) is 70.2 Å². The second-order valence-corrected chi connectivity index (χ2v) is 11.0. The zero-order valence-electron chi connectivity index (χ0n) is 19.7. The number of benzene rings is 1. The van der Waals surface area contributed by atoms with E-state index in [4.69, 9.17) is 16.6 Å². The number of nitrogens with zero attached hydrogens (tertiary/aromatic N) is 3. The Morgan fingerprint density at radius 3 is 2.83 bits per heavy atom. The number of likely N-dealkylation sites (tertiary alicyclic amines) is 1. The number of aromatic nitrogens is 2. The minimum absolute atomic E-state index is 0.0216. The number of rotatable bonds is 10. The smallest absolute Gasteiger partial charge is 0.252 e. The van der Waals surface area contributed by atoms with E-state index in [9.17, 15) is 9.18 Å². The number of thiophene rings is 1. The molecule has 5 rings (SSSR count). The Morgan fingerprint density at radius 2 is 2.06 bits per heavy atom. The first-order valence-corrected chi connectivity index (χ1v) is 13.7. The minimum atomic E-state index is -0.254. The van der Waals surface area contributed by atoms with Crippen molar-refractivity contribution >= 4 is 44.9 Å². The Labute approximate surface area is 214 Å². The van der Waals surface area contributed by atoms with Crippen LogP contribution in [0.2, 0.25) is 5.02 Å². The summed E-state index contributed by atoms with van der Waals surface area (Å²) in [5.74, 6) is 1.25. The molecule has 9 heteroatoms. The number of fused-ring (bicyclic) bond motifs is 1. The molecule has 1 saturated carbocycles. The Hall–Kier alpha value is -2.29. The van der Waals surface area contributed by atoms with Gasteiger partial charge in [-0.1, -0.05) is 17.7 Å². The van der Waals surface area contributed by atoms with E-state index in [-0.39, 0.29) is 12.6 Å². The van der Waals surface area contributed by atoms with Gasteiger partial charge in [0.15, 0.2) is 0 Å². The second-order valence-electron chi connectivity index (χ2n) is 9.51. The molecule has 2 fully saturated rings. The van der Waals surface area contributed by atoms with Gasteiger partial charge in [-0.15, -0.1) is 11.3 Å². The first-order valence-electron chi connectivity index (χ1n) is 12.5. The molecule has 1 saturated heterocycles. The van der Waals surface area contributed by atoms with Crippen LogP contribution in [0.1, 0.15) is 48.9 Å². The van der Waals surface area contributed by atoms with E-state index in [1.807, 2.05) is 24.3 Å². The average Bonchev–Trinajstić information content (AvgIpc) is 3.57. The van der Waals surface area contributed by atoms with Crippen LogP contribution >= 0.6 is 22.9 Å². The summed E-state index contributed by atoms with van der Waals surface area (Å²) in [6.07, 6.45) is 8.24. The van der Waals surface area contributed by atoms with Crippen molar-refractivity contribution in [3.63, 3.8) is 0 Å². The number of carbonyl (C=O) groups excluding carboxylic acids is 1. The summed E-state index contributed by atoms with van der Waals surface area (Å²) in [7, 11) is 0. The molecule has 1 aliphatic heterocycles.